The molecule has 0 spiro atoms. The third kappa shape index (κ3) is 38.5. The second-order valence-electron chi connectivity index (χ2n) is 27.8. The first-order chi connectivity index (χ1) is 61.6. The van der Waals surface area contributed by atoms with E-state index in [-0.39, 0.29) is 184 Å². The molecule has 3 fully saturated rings. The molecule has 1 N–H and O–H groups in total. The topological polar surface area (TPSA) is 559 Å². The molecule has 0 aromatic heterocycles. The molecule has 0 radical (unpaired) electrons. The van der Waals surface area contributed by atoms with E-state index in [0.717, 1.165) is 29.9 Å². The summed E-state index contributed by atoms with van der Waals surface area (Å²) >= 11 is 4.35. The van der Waals surface area contributed by atoms with Gasteiger partial charge in [0.15, 0.2) is 55.0 Å². The molecule has 6 rings (SSSR count). The lowest BCUT2D eigenvalue weighted by Crippen LogP contribution is -2.38. The molecule has 3 aliphatic rings. The number of unbranched alkanes of at least 4 members (excludes halogenated alkanes) is 2. The molecule has 130 heavy (non-hydrogen) atoms. The van der Waals surface area contributed by atoms with Crippen LogP contribution in [-0.4, -0.2) is 276 Å². The van der Waals surface area contributed by atoms with Crippen LogP contribution in [-0.2, 0) is 130 Å². The zero-order chi connectivity index (χ0) is 97.6. The fourth-order valence-electron chi connectivity index (χ4n) is 11.3. The number of amides is 4. The third-order valence-corrected chi connectivity index (χ3v) is 28.8. The van der Waals surface area contributed by atoms with Crippen molar-refractivity contribution in [3.05, 3.63) is 96.1 Å². The lowest BCUT2D eigenvalue weighted by atomic mass is 9.92. The third-order valence-electron chi connectivity index (χ3n) is 18.7. The predicted octanol–water partition coefficient (Wildman–Crippen LogP) is 14.3. The van der Waals surface area contributed by atoms with Crippen molar-refractivity contribution in [1.29, 1.82) is 0 Å². The van der Waals surface area contributed by atoms with Gasteiger partial charge in [0.25, 0.3) is 17.1 Å². The van der Waals surface area contributed by atoms with Gasteiger partial charge in [-0.25, -0.2) is 37.4 Å². The summed E-state index contributed by atoms with van der Waals surface area (Å²) in [5, 5.41) is 36.3. The number of rotatable bonds is 51. The lowest BCUT2D eigenvalue weighted by molar-refractivity contribution is -0.386. The highest BCUT2D eigenvalue weighted by molar-refractivity contribution is 8.14. The summed E-state index contributed by atoms with van der Waals surface area (Å²) in [5.41, 5.74) is -2.22. The van der Waals surface area contributed by atoms with Gasteiger partial charge in [0.05, 0.1) is 130 Å². The minimum absolute atomic E-state index is 0.0265. The number of thioether (sulfide) groups is 4. The predicted molar refractivity (Wildman–Crippen MR) is 475 cm³/mol. The maximum atomic E-state index is 12.7. The monoisotopic (exact) mass is 2010 g/mol. The standard InChI is InChI=1S/C21H31N2O11PS.C20H29N2O11PS.C19H29N2O11PS.C15H26NO7PS/c1-29-18-11-16(17(23(26)27)12-19(18)30-2)14-33-21(25)22-8-7-15(13-22)20(24)36-10-6-5-9-34-35(28,31-3)32-4;1-20(18(23)35-9-8-33-34(27,30-4)31-5)6-7-21(13-20)19(24)32-12-14-10-16(28-2)17(29-3)11-15(14)22(25)26;1-19(2,17(22)34-8-7-32-33(26,29-5)30-6)12-20-18(23)31-11-13-9-15(27-3)16(28-4)10-14(13)21(24)25;1-4-9-22-15(18)16-8-7-13(12-16)14(17)25-11-6-5-10-23-24(19,20-2)21-3/h11-12,15H,5-10,13-14H2,1-4H3;10-11H,6-9,12-13H2,1-5H3;9-10H,7-8,11-12H2,1-6H3,(H,20,23);4,13H,1,5-12H2,2-3H3. The Bertz CT molecular complexity index is 4440. The van der Waals surface area contributed by atoms with Crippen LogP contribution in [0.2, 0.25) is 0 Å². The van der Waals surface area contributed by atoms with E-state index in [1.54, 1.807) is 25.7 Å². The van der Waals surface area contributed by atoms with Crippen molar-refractivity contribution in [2.45, 2.75) is 85.5 Å². The first-order valence-corrected chi connectivity index (χ1v) is 48.9. The van der Waals surface area contributed by atoms with Crippen molar-refractivity contribution in [3.8, 4) is 34.5 Å². The highest BCUT2D eigenvalue weighted by Crippen LogP contribution is 2.51. The minimum Gasteiger partial charge on any atom is -0.493 e. The van der Waals surface area contributed by atoms with Crippen molar-refractivity contribution in [2.24, 2.45) is 22.7 Å². The zero-order valence-electron chi connectivity index (χ0n) is 75.2. The van der Waals surface area contributed by atoms with Gasteiger partial charge in [0.2, 0.25) is 0 Å². The Kier molecular flexibility index (Phi) is 52.6. The van der Waals surface area contributed by atoms with Crippen molar-refractivity contribution in [3.63, 3.8) is 0 Å². The molecule has 3 atom stereocenters. The Labute approximate surface area is 769 Å². The number of hydrogen-bond donors (Lipinski definition) is 1. The van der Waals surface area contributed by atoms with Crippen LogP contribution in [0, 0.1) is 53.0 Å². The van der Waals surface area contributed by atoms with E-state index in [1.165, 1.54) is 175 Å². The number of hydrogen-bond acceptors (Lipinski definition) is 44. The average molecular weight is 2010 g/mol. The van der Waals surface area contributed by atoms with Crippen LogP contribution in [0.15, 0.2) is 49.1 Å². The fourth-order valence-corrected chi connectivity index (χ4v) is 18.0. The quantitative estimate of drug-likeness (QED) is 0.0137. The summed E-state index contributed by atoms with van der Waals surface area (Å²) in [4.78, 5) is 136. The van der Waals surface area contributed by atoms with E-state index >= 15 is 0 Å². The molecule has 55 heteroatoms. The van der Waals surface area contributed by atoms with Gasteiger partial charge in [-0.05, 0) is 70.1 Å². The molecule has 3 aliphatic heterocycles. The Balaban J connectivity index is 0.000000450. The summed E-state index contributed by atoms with van der Waals surface area (Å²) in [5.74, 6) is 2.44. The lowest BCUT2D eigenvalue weighted by Gasteiger charge is -2.22. The molecule has 3 aromatic carbocycles. The highest BCUT2D eigenvalue weighted by atomic mass is 32.2. The molecule has 3 aromatic rings. The van der Waals surface area contributed by atoms with Crippen LogP contribution in [0.4, 0.5) is 36.2 Å². The van der Waals surface area contributed by atoms with E-state index in [2.05, 4.69) is 48.1 Å². The first-order valence-electron chi connectivity index (χ1n) is 39.1. The number of ether oxygens (including phenoxy) is 10. The van der Waals surface area contributed by atoms with Crippen LogP contribution in [0.25, 0.3) is 0 Å². The van der Waals surface area contributed by atoms with Gasteiger partial charge in [0, 0.05) is 138 Å². The number of nitrogens with zero attached hydrogens (tertiary/aromatic N) is 6. The van der Waals surface area contributed by atoms with Crippen molar-refractivity contribution in [2.75, 3.05) is 201 Å². The molecular weight excluding hydrogens is 1890 g/mol. The maximum Gasteiger partial charge on any atom is 0.474 e. The Morgan fingerprint density at radius 2 is 0.792 bits per heavy atom. The van der Waals surface area contributed by atoms with Gasteiger partial charge in [-0.1, -0.05) is 73.5 Å². The highest BCUT2D eigenvalue weighted by Gasteiger charge is 2.44. The van der Waals surface area contributed by atoms with Crippen molar-refractivity contribution >= 4 is 140 Å². The SMILES string of the molecule is C=CCOC(=O)N1CCC(C(=O)SCCCCOP(=O)(OC)OC)C1.COc1cc(COC(=O)N2CCC(C(=O)SCCCCOP(=O)(OC)OC)C2)c([N+](=O)[O-])cc1OC.COc1cc(COC(=O)N2CCC(C)(C(=O)SCCOP(=O)(OC)OC)C2)c([N+](=O)[O-])cc1OC.COc1cc(COC(=O)NCC(C)(C)C(=O)SCCOP(=O)(OC)OC)c([N+](=O)[O-])cc1OC. The van der Waals surface area contributed by atoms with Gasteiger partial charge < -0.3 is 67.4 Å². The number of alkyl carbamates (subject to hydrolysis) is 1. The molecule has 3 heterocycles. The summed E-state index contributed by atoms with van der Waals surface area (Å²) in [6.45, 7) is 9.74. The number of benzene rings is 3. The second-order valence-corrected chi connectivity index (χ2v) is 39.6. The molecule has 0 aliphatic carbocycles. The molecule has 3 unspecified atom stereocenters. The number of nitro groups is 3. The summed E-state index contributed by atoms with van der Waals surface area (Å²) in [6.07, 6.45) is 3.08. The summed E-state index contributed by atoms with van der Waals surface area (Å²) in [7, 11) is 3.83. The van der Waals surface area contributed by atoms with Gasteiger partial charge in [-0.15, -0.1) is 0 Å². The number of nitrogens with one attached hydrogen (secondary N) is 1. The van der Waals surface area contributed by atoms with Crippen LogP contribution >= 0.6 is 78.3 Å². The Morgan fingerprint density at radius 1 is 0.462 bits per heavy atom. The van der Waals surface area contributed by atoms with E-state index in [0.29, 0.717) is 69.7 Å². The van der Waals surface area contributed by atoms with Gasteiger partial charge in [-0.3, -0.25) is 104 Å². The smallest absolute Gasteiger partial charge is 0.474 e. The van der Waals surface area contributed by atoms with Crippen LogP contribution in [0.5, 0.6) is 34.5 Å². The number of carbonyl (C=O) groups is 8. The molecular formula is C75H115N7O40P4S4. The average Bonchev–Trinajstić information content (AvgIpc) is 1.63. The number of phosphoric acid groups is 4. The van der Waals surface area contributed by atoms with E-state index < -0.39 is 87.9 Å². The van der Waals surface area contributed by atoms with Gasteiger partial charge in [0.1, 0.15) is 26.4 Å². The molecule has 3 saturated heterocycles. The van der Waals surface area contributed by atoms with Crippen LogP contribution < -0.4 is 33.7 Å². The van der Waals surface area contributed by atoms with Crippen LogP contribution in [0.3, 0.4) is 0 Å². The number of likely N-dealkylation sites (tertiary alicyclic amines) is 3. The second kappa shape index (κ2) is 58.9. The number of nitro benzene ring substituents is 3. The Hall–Kier alpha value is -8.00. The molecule has 0 bridgehead atoms. The number of methoxy groups -OCH3 is 6. The minimum atomic E-state index is -3.62. The molecule has 4 amide bonds. The fraction of sp³-hybridized carbons (Fsp3) is 0.627. The summed E-state index contributed by atoms with van der Waals surface area (Å²) < 4.78 is 156. The Morgan fingerprint density at radius 3 is 1.14 bits per heavy atom. The van der Waals surface area contributed by atoms with Crippen LogP contribution in [0.1, 0.15) is 82.4 Å². The molecule has 734 valence electrons. The largest absolute Gasteiger partial charge is 0.493 e. The number of phosphoric ester groups is 4. The normalized spacial score (nSPS) is 15.5. The van der Waals surface area contributed by atoms with Crippen molar-refractivity contribution in [1.82, 2.24) is 20.0 Å². The van der Waals surface area contributed by atoms with E-state index in [9.17, 15) is 87.0 Å². The van der Waals surface area contributed by atoms with Gasteiger partial charge >= 0.3 is 55.7 Å². The first kappa shape index (κ1) is 116. The van der Waals surface area contributed by atoms with Crippen molar-refractivity contribution < 1.29 is 173 Å². The summed E-state index contributed by atoms with van der Waals surface area (Å²) in [6, 6.07) is 7.72. The maximum absolute atomic E-state index is 12.7. The van der Waals surface area contributed by atoms with E-state index in [1.807, 2.05) is 0 Å². The molecule has 0 saturated carbocycles. The zero-order valence-corrected chi connectivity index (χ0v) is 82.1. The number of carbonyl (C=O) groups excluding carboxylic acids is 8. The van der Waals surface area contributed by atoms with E-state index in [4.69, 9.17) is 65.5 Å². The van der Waals surface area contributed by atoms with Gasteiger partial charge in [-0.2, -0.15) is 0 Å². The molecule has 47 nitrogen and oxygen atoms in total.